The van der Waals surface area contributed by atoms with Crippen molar-refractivity contribution in [2.45, 2.75) is 19.4 Å². The van der Waals surface area contributed by atoms with Gasteiger partial charge in [-0.05, 0) is 18.5 Å². The maximum atomic E-state index is 11.6. The summed E-state index contributed by atoms with van der Waals surface area (Å²) in [6, 6.07) is 8.92. The van der Waals surface area contributed by atoms with Crippen molar-refractivity contribution in [3.63, 3.8) is 0 Å². The SMILES string of the molecule is CCCNCCNC(=O)C(O)c1ccccc1. The first-order valence-electron chi connectivity index (χ1n) is 5.97. The number of benzene rings is 1. The van der Waals surface area contributed by atoms with Crippen LogP contribution in [0.1, 0.15) is 25.0 Å². The Morgan fingerprint density at radius 1 is 1.24 bits per heavy atom. The minimum absolute atomic E-state index is 0.352. The third-order valence-electron chi connectivity index (χ3n) is 2.39. The van der Waals surface area contributed by atoms with E-state index in [1.807, 2.05) is 6.07 Å². The first kappa shape index (κ1) is 13.7. The van der Waals surface area contributed by atoms with E-state index >= 15 is 0 Å². The second-order valence-electron chi connectivity index (χ2n) is 3.85. The lowest BCUT2D eigenvalue weighted by Crippen LogP contribution is -2.35. The predicted molar refractivity (Wildman–Crippen MR) is 67.6 cm³/mol. The summed E-state index contributed by atoms with van der Waals surface area (Å²) in [6.07, 6.45) is -0.0111. The first-order chi connectivity index (χ1) is 8.25. The van der Waals surface area contributed by atoms with Crippen LogP contribution in [0.4, 0.5) is 0 Å². The zero-order valence-corrected chi connectivity index (χ0v) is 10.1. The Hall–Kier alpha value is -1.39. The highest BCUT2D eigenvalue weighted by atomic mass is 16.3. The molecule has 1 rings (SSSR count). The van der Waals surface area contributed by atoms with E-state index in [1.54, 1.807) is 24.3 Å². The van der Waals surface area contributed by atoms with Crippen LogP contribution in [-0.2, 0) is 4.79 Å². The third-order valence-corrected chi connectivity index (χ3v) is 2.39. The molecule has 4 heteroatoms. The fraction of sp³-hybridized carbons (Fsp3) is 0.462. The second-order valence-corrected chi connectivity index (χ2v) is 3.85. The number of hydrogen-bond acceptors (Lipinski definition) is 3. The van der Waals surface area contributed by atoms with Gasteiger partial charge in [-0.3, -0.25) is 4.79 Å². The second kappa shape index (κ2) is 7.81. The molecule has 1 aromatic carbocycles. The molecule has 0 radical (unpaired) electrons. The van der Waals surface area contributed by atoms with E-state index in [2.05, 4.69) is 17.6 Å². The largest absolute Gasteiger partial charge is 0.378 e. The van der Waals surface area contributed by atoms with Gasteiger partial charge in [-0.2, -0.15) is 0 Å². The van der Waals surface area contributed by atoms with E-state index in [-0.39, 0.29) is 5.91 Å². The number of aliphatic hydroxyl groups excluding tert-OH is 1. The quantitative estimate of drug-likeness (QED) is 0.615. The van der Waals surface area contributed by atoms with Gasteiger partial charge in [0.25, 0.3) is 5.91 Å². The number of carbonyl (C=O) groups is 1. The van der Waals surface area contributed by atoms with E-state index in [1.165, 1.54) is 0 Å². The third kappa shape index (κ3) is 4.97. The van der Waals surface area contributed by atoms with Crippen LogP contribution in [0.3, 0.4) is 0 Å². The summed E-state index contributed by atoms with van der Waals surface area (Å²) in [5.41, 5.74) is 0.617. The zero-order valence-electron chi connectivity index (χ0n) is 10.1. The number of amides is 1. The van der Waals surface area contributed by atoms with Gasteiger partial charge in [0.1, 0.15) is 0 Å². The predicted octanol–water partition coefficient (Wildman–Crippen LogP) is 0.836. The van der Waals surface area contributed by atoms with E-state index < -0.39 is 6.10 Å². The van der Waals surface area contributed by atoms with E-state index in [0.717, 1.165) is 19.5 Å². The highest BCUT2D eigenvalue weighted by Gasteiger charge is 2.15. The monoisotopic (exact) mass is 236 g/mol. The molecule has 0 fully saturated rings. The minimum Gasteiger partial charge on any atom is -0.378 e. The summed E-state index contributed by atoms with van der Waals surface area (Å²) >= 11 is 0. The molecule has 0 saturated heterocycles. The fourth-order valence-electron chi connectivity index (χ4n) is 1.46. The Balaban J connectivity index is 2.28. The number of aliphatic hydroxyl groups is 1. The van der Waals surface area contributed by atoms with Gasteiger partial charge in [0.05, 0.1) is 0 Å². The molecule has 0 aliphatic carbocycles. The molecule has 1 amide bonds. The maximum Gasteiger partial charge on any atom is 0.253 e. The molecule has 0 saturated carbocycles. The van der Waals surface area contributed by atoms with Gasteiger partial charge in [-0.25, -0.2) is 0 Å². The molecular formula is C13H20N2O2. The van der Waals surface area contributed by atoms with Crippen LogP contribution in [0, 0.1) is 0 Å². The molecule has 4 nitrogen and oxygen atoms in total. The van der Waals surface area contributed by atoms with Gasteiger partial charge in [-0.1, -0.05) is 37.3 Å². The standard InChI is InChI=1S/C13H20N2O2/c1-2-8-14-9-10-15-13(17)12(16)11-6-4-3-5-7-11/h3-7,12,14,16H,2,8-10H2,1H3,(H,15,17). The highest BCUT2D eigenvalue weighted by molar-refractivity contribution is 5.81. The lowest BCUT2D eigenvalue weighted by Gasteiger charge is -2.11. The average Bonchev–Trinajstić information content (AvgIpc) is 2.38. The van der Waals surface area contributed by atoms with E-state index in [4.69, 9.17) is 0 Å². The number of nitrogens with one attached hydrogen (secondary N) is 2. The van der Waals surface area contributed by atoms with Crippen molar-refractivity contribution in [2.24, 2.45) is 0 Å². The summed E-state index contributed by atoms with van der Waals surface area (Å²) < 4.78 is 0. The van der Waals surface area contributed by atoms with Gasteiger partial charge in [0, 0.05) is 13.1 Å². The minimum atomic E-state index is -1.08. The van der Waals surface area contributed by atoms with Crippen molar-refractivity contribution in [1.82, 2.24) is 10.6 Å². The number of hydrogen-bond donors (Lipinski definition) is 3. The van der Waals surface area contributed by atoms with Gasteiger partial charge >= 0.3 is 0 Å². The van der Waals surface area contributed by atoms with Crippen LogP contribution in [0.5, 0.6) is 0 Å². The first-order valence-corrected chi connectivity index (χ1v) is 5.97. The fourth-order valence-corrected chi connectivity index (χ4v) is 1.46. The Morgan fingerprint density at radius 2 is 1.94 bits per heavy atom. The molecule has 1 unspecified atom stereocenters. The van der Waals surface area contributed by atoms with Crippen molar-refractivity contribution in [1.29, 1.82) is 0 Å². The van der Waals surface area contributed by atoms with Gasteiger partial charge in [0.2, 0.25) is 0 Å². The van der Waals surface area contributed by atoms with Gasteiger partial charge < -0.3 is 15.7 Å². The zero-order chi connectivity index (χ0) is 12.5. The summed E-state index contributed by atoms with van der Waals surface area (Å²) in [7, 11) is 0. The van der Waals surface area contributed by atoms with Crippen LogP contribution in [-0.4, -0.2) is 30.6 Å². The van der Waals surface area contributed by atoms with Gasteiger partial charge in [-0.15, -0.1) is 0 Å². The van der Waals surface area contributed by atoms with Crippen molar-refractivity contribution in [3.05, 3.63) is 35.9 Å². The van der Waals surface area contributed by atoms with Crippen LogP contribution >= 0.6 is 0 Å². The molecule has 1 atom stereocenters. The smallest absolute Gasteiger partial charge is 0.253 e. The summed E-state index contributed by atoms with van der Waals surface area (Å²) in [6.45, 7) is 4.28. The molecule has 1 aromatic rings. The Bertz CT molecular complexity index is 327. The molecule has 3 N–H and O–H groups in total. The number of rotatable bonds is 7. The van der Waals surface area contributed by atoms with Crippen LogP contribution in [0.25, 0.3) is 0 Å². The molecule has 0 heterocycles. The highest BCUT2D eigenvalue weighted by Crippen LogP contribution is 2.11. The molecule has 94 valence electrons. The van der Waals surface area contributed by atoms with E-state index in [9.17, 15) is 9.90 Å². The average molecular weight is 236 g/mol. The topological polar surface area (TPSA) is 61.4 Å². The lowest BCUT2D eigenvalue weighted by atomic mass is 10.1. The van der Waals surface area contributed by atoms with Crippen molar-refractivity contribution in [2.75, 3.05) is 19.6 Å². The van der Waals surface area contributed by atoms with Crippen molar-refractivity contribution >= 4 is 5.91 Å². The molecule has 0 aliphatic rings. The Morgan fingerprint density at radius 3 is 2.59 bits per heavy atom. The Labute approximate surface area is 102 Å². The van der Waals surface area contributed by atoms with Crippen molar-refractivity contribution < 1.29 is 9.90 Å². The Kier molecular flexibility index (Phi) is 6.29. The molecule has 0 aromatic heterocycles. The molecule has 0 bridgehead atoms. The normalized spacial score (nSPS) is 12.1. The van der Waals surface area contributed by atoms with Crippen molar-refractivity contribution in [3.8, 4) is 0 Å². The molecule has 0 aliphatic heterocycles. The summed E-state index contributed by atoms with van der Waals surface area (Å²) in [5, 5.41) is 15.6. The summed E-state index contributed by atoms with van der Waals surface area (Å²) in [5.74, 6) is -0.352. The molecular weight excluding hydrogens is 216 g/mol. The number of carbonyl (C=O) groups excluding carboxylic acids is 1. The molecule has 17 heavy (non-hydrogen) atoms. The van der Waals surface area contributed by atoms with Crippen LogP contribution in [0.15, 0.2) is 30.3 Å². The van der Waals surface area contributed by atoms with Crippen LogP contribution in [0.2, 0.25) is 0 Å². The maximum absolute atomic E-state index is 11.6. The van der Waals surface area contributed by atoms with Crippen LogP contribution < -0.4 is 10.6 Å². The van der Waals surface area contributed by atoms with Gasteiger partial charge in [0.15, 0.2) is 6.10 Å². The molecule has 0 spiro atoms. The van der Waals surface area contributed by atoms with E-state index in [0.29, 0.717) is 12.1 Å². The summed E-state index contributed by atoms with van der Waals surface area (Å²) in [4.78, 5) is 11.6. The lowest BCUT2D eigenvalue weighted by molar-refractivity contribution is -0.129.